The summed E-state index contributed by atoms with van der Waals surface area (Å²) in [6.07, 6.45) is -5.69. The number of nitrogens with zero attached hydrogens (tertiary/aromatic N) is 1. The van der Waals surface area contributed by atoms with Crippen LogP contribution in [-0.2, 0) is 14.3 Å². The SMILES string of the molecule is C[C@H]1C(=O)N(CCOCC(F)(F)C(F)(F)F)C(=O)[C@@H]1C. The Balaban J connectivity index is 2.43. The van der Waals surface area contributed by atoms with E-state index in [0.29, 0.717) is 0 Å². The van der Waals surface area contributed by atoms with Gasteiger partial charge in [0.1, 0.15) is 6.61 Å². The van der Waals surface area contributed by atoms with Crippen molar-refractivity contribution in [2.75, 3.05) is 19.8 Å². The summed E-state index contributed by atoms with van der Waals surface area (Å²) >= 11 is 0. The van der Waals surface area contributed by atoms with Crippen LogP contribution in [0.15, 0.2) is 0 Å². The first-order chi connectivity index (χ1) is 8.99. The molecule has 1 fully saturated rings. The Morgan fingerprint density at radius 2 is 1.50 bits per heavy atom. The van der Waals surface area contributed by atoms with Gasteiger partial charge in [-0.3, -0.25) is 14.5 Å². The lowest BCUT2D eigenvalue weighted by molar-refractivity contribution is -0.296. The average molecular weight is 303 g/mol. The summed E-state index contributed by atoms with van der Waals surface area (Å²) < 4.78 is 64.8. The molecule has 1 aliphatic heterocycles. The van der Waals surface area contributed by atoms with Gasteiger partial charge in [-0.25, -0.2) is 0 Å². The Labute approximate surface area is 111 Å². The highest BCUT2D eigenvalue weighted by atomic mass is 19.4. The molecule has 0 aliphatic carbocycles. The lowest BCUT2D eigenvalue weighted by Crippen LogP contribution is -2.42. The fraction of sp³-hybridized carbons (Fsp3) is 0.818. The molecule has 2 atom stereocenters. The van der Waals surface area contributed by atoms with Crippen molar-refractivity contribution in [3.63, 3.8) is 0 Å². The third-order valence-corrected chi connectivity index (χ3v) is 3.22. The number of ether oxygens (including phenoxy) is 1. The van der Waals surface area contributed by atoms with Gasteiger partial charge in [-0.2, -0.15) is 22.0 Å². The molecule has 1 heterocycles. The number of amides is 2. The molecule has 0 saturated carbocycles. The molecular weight excluding hydrogens is 289 g/mol. The molecule has 1 rings (SSSR count). The van der Waals surface area contributed by atoms with E-state index in [-0.39, 0.29) is 6.54 Å². The summed E-state index contributed by atoms with van der Waals surface area (Å²) in [5.41, 5.74) is 0. The van der Waals surface area contributed by atoms with Gasteiger partial charge >= 0.3 is 12.1 Å². The Bertz CT molecular complexity index is 376. The van der Waals surface area contributed by atoms with E-state index < -0.39 is 49.0 Å². The molecule has 0 aromatic carbocycles. The standard InChI is InChI=1S/C11H14F5NO3/c1-6-7(2)9(19)17(8(6)18)3-4-20-5-10(12,13)11(14,15)16/h6-7H,3-5H2,1-2H3/t6-,7-/m1/s1. The van der Waals surface area contributed by atoms with Gasteiger partial charge in [0.2, 0.25) is 11.8 Å². The van der Waals surface area contributed by atoms with E-state index in [1.54, 1.807) is 13.8 Å². The molecule has 0 bridgehead atoms. The van der Waals surface area contributed by atoms with Crippen molar-refractivity contribution in [2.45, 2.75) is 25.9 Å². The van der Waals surface area contributed by atoms with Gasteiger partial charge in [-0.1, -0.05) is 13.8 Å². The van der Waals surface area contributed by atoms with Crippen LogP contribution in [0.25, 0.3) is 0 Å². The Kier molecular flexibility index (Phi) is 4.73. The predicted molar refractivity (Wildman–Crippen MR) is 56.9 cm³/mol. The monoisotopic (exact) mass is 303 g/mol. The molecule has 0 N–H and O–H groups in total. The maximum atomic E-state index is 12.5. The molecule has 0 radical (unpaired) electrons. The van der Waals surface area contributed by atoms with Crippen LogP contribution in [0.4, 0.5) is 22.0 Å². The van der Waals surface area contributed by atoms with E-state index in [2.05, 4.69) is 4.74 Å². The molecule has 4 nitrogen and oxygen atoms in total. The first kappa shape index (κ1) is 16.8. The van der Waals surface area contributed by atoms with Gasteiger partial charge in [0, 0.05) is 11.8 Å². The fourth-order valence-corrected chi connectivity index (χ4v) is 1.69. The maximum absolute atomic E-state index is 12.5. The minimum absolute atomic E-state index is 0.333. The Morgan fingerprint density at radius 3 is 1.90 bits per heavy atom. The molecular formula is C11H14F5NO3. The molecule has 0 aromatic heterocycles. The highest BCUT2D eigenvalue weighted by Gasteiger charge is 2.57. The molecule has 2 amide bonds. The summed E-state index contributed by atoms with van der Waals surface area (Å²) in [6, 6.07) is 0. The topological polar surface area (TPSA) is 46.6 Å². The summed E-state index contributed by atoms with van der Waals surface area (Å²) in [6.45, 7) is 0.355. The average Bonchev–Trinajstić information content (AvgIpc) is 2.50. The number of rotatable bonds is 5. The van der Waals surface area contributed by atoms with Crippen LogP contribution in [0.3, 0.4) is 0 Å². The molecule has 1 aliphatic rings. The number of likely N-dealkylation sites (tertiary alicyclic amines) is 1. The molecule has 116 valence electrons. The first-order valence-corrected chi connectivity index (χ1v) is 5.86. The summed E-state index contributed by atoms with van der Waals surface area (Å²) in [5.74, 6) is -6.97. The highest BCUT2D eigenvalue weighted by Crippen LogP contribution is 2.35. The quantitative estimate of drug-likeness (QED) is 0.442. The third kappa shape index (κ3) is 3.25. The van der Waals surface area contributed by atoms with Crippen molar-refractivity contribution in [1.82, 2.24) is 4.90 Å². The van der Waals surface area contributed by atoms with E-state index in [1.165, 1.54) is 0 Å². The lowest BCUT2D eigenvalue weighted by Gasteiger charge is -2.20. The third-order valence-electron chi connectivity index (χ3n) is 3.22. The maximum Gasteiger partial charge on any atom is 0.455 e. The zero-order valence-corrected chi connectivity index (χ0v) is 10.8. The lowest BCUT2D eigenvalue weighted by atomic mass is 10.00. The van der Waals surface area contributed by atoms with Gasteiger partial charge in [0.15, 0.2) is 0 Å². The van der Waals surface area contributed by atoms with E-state index in [1.807, 2.05) is 0 Å². The zero-order chi connectivity index (χ0) is 15.7. The number of alkyl halides is 5. The second-order valence-electron chi connectivity index (χ2n) is 4.66. The Morgan fingerprint density at radius 1 is 1.05 bits per heavy atom. The van der Waals surface area contributed by atoms with Crippen LogP contribution in [0.5, 0.6) is 0 Å². The van der Waals surface area contributed by atoms with Gasteiger partial charge in [-0.15, -0.1) is 0 Å². The van der Waals surface area contributed by atoms with E-state index in [9.17, 15) is 31.5 Å². The van der Waals surface area contributed by atoms with E-state index in [0.717, 1.165) is 4.90 Å². The molecule has 0 spiro atoms. The number of halogens is 5. The van der Waals surface area contributed by atoms with Crippen molar-refractivity contribution in [2.24, 2.45) is 11.8 Å². The summed E-state index contributed by atoms with van der Waals surface area (Å²) in [4.78, 5) is 24.0. The smallest absolute Gasteiger partial charge is 0.373 e. The first-order valence-electron chi connectivity index (χ1n) is 5.86. The van der Waals surface area contributed by atoms with Crippen LogP contribution in [0.2, 0.25) is 0 Å². The number of imide groups is 1. The number of hydrogen-bond acceptors (Lipinski definition) is 3. The summed E-state index contributed by atoms with van der Waals surface area (Å²) in [5, 5.41) is 0. The van der Waals surface area contributed by atoms with Crippen LogP contribution >= 0.6 is 0 Å². The zero-order valence-electron chi connectivity index (χ0n) is 10.8. The molecule has 1 saturated heterocycles. The van der Waals surface area contributed by atoms with Crippen LogP contribution in [0.1, 0.15) is 13.8 Å². The van der Waals surface area contributed by atoms with Crippen molar-refractivity contribution in [1.29, 1.82) is 0 Å². The second kappa shape index (κ2) is 5.63. The van der Waals surface area contributed by atoms with Gasteiger partial charge in [-0.05, 0) is 0 Å². The molecule has 20 heavy (non-hydrogen) atoms. The van der Waals surface area contributed by atoms with Crippen LogP contribution < -0.4 is 0 Å². The van der Waals surface area contributed by atoms with E-state index >= 15 is 0 Å². The van der Waals surface area contributed by atoms with Gasteiger partial charge < -0.3 is 4.74 Å². The number of hydrogen-bond donors (Lipinski definition) is 0. The predicted octanol–water partition coefficient (Wildman–Crippen LogP) is 1.84. The van der Waals surface area contributed by atoms with Crippen molar-refractivity contribution in [3.8, 4) is 0 Å². The molecule has 0 aromatic rings. The molecule has 0 unspecified atom stereocenters. The number of carbonyl (C=O) groups is 2. The largest absolute Gasteiger partial charge is 0.455 e. The van der Waals surface area contributed by atoms with Crippen molar-refractivity contribution >= 4 is 11.8 Å². The van der Waals surface area contributed by atoms with Crippen molar-refractivity contribution < 1.29 is 36.3 Å². The summed E-state index contributed by atoms with van der Waals surface area (Å²) in [7, 11) is 0. The van der Waals surface area contributed by atoms with Crippen molar-refractivity contribution in [3.05, 3.63) is 0 Å². The minimum Gasteiger partial charge on any atom is -0.373 e. The van der Waals surface area contributed by atoms with Crippen LogP contribution in [-0.4, -0.2) is 48.6 Å². The second-order valence-corrected chi connectivity index (χ2v) is 4.66. The van der Waals surface area contributed by atoms with Crippen LogP contribution in [0, 0.1) is 11.8 Å². The minimum atomic E-state index is -5.69. The molecule has 9 heteroatoms. The van der Waals surface area contributed by atoms with Gasteiger partial charge in [0.05, 0.1) is 13.2 Å². The van der Waals surface area contributed by atoms with Gasteiger partial charge in [0.25, 0.3) is 0 Å². The normalized spacial score (nSPS) is 24.6. The highest BCUT2D eigenvalue weighted by molar-refractivity contribution is 6.04. The number of carbonyl (C=O) groups excluding carboxylic acids is 2. The Hall–Kier alpha value is -1.25. The fourth-order valence-electron chi connectivity index (χ4n) is 1.69. The van der Waals surface area contributed by atoms with E-state index in [4.69, 9.17) is 0 Å².